The Labute approximate surface area is 162 Å². The highest BCUT2D eigenvalue weighted by atomic mass is 32.2. The SMILES string of the molecule is O=S(=O)(O)c1ccc2c(CC(F)(F)C(F)(F)C(F)(F)C(F)(F)C(F)F)cccc2c1. The van der Waals surface area contributed by atoms with Gasteiger partial charge in [0.1, 0.15) is 0 Å². The standard InChI is InChI=1S/C16H10F10O3S/c17-12(18)14(21,22)16(25,26)15(23,24)13(19,20)7-9-3-1-2-8-6-10(30(27,28)29)4-5-11(8)9/h1-6,12H,7H2,(H,27,28,29). The molecular weight excluding hydrogens is 462 g/mol. The Kier molecular flexibility index (Phi) is 5.85. The first-order valence-electron chi connectivity index (χ1n) is 7.65. The number of hydrogen-bond acceptors (Lipinski definition) is 2. The maximum Gasteiger partial charge on any atom is 0.384 e. The van der Waals surface area contributed by atoms with Gasteiger partial charge in [-0.05, 0) is 28.5 Å². The van der Waals surface area contributed by atoms with Gasteiger partial charge in [-0.1, -0.05) is 24.3 Å². The van der Waals surface area contributed by atoms with Gasteiger partial charge in [-0.2, -0.15) is 43.5 Å². The zero-order valence-corrected chi connectivity index (χ0v) is 15.0. The topological polar surface area (TPSA) is 54.4 Å². The summed E-state index contributed by atoms with van der Waals surface area (Å²) in [4.78, 5) is -0.702. The van der Waals surface area contributed by atoms with E-state index in [2.05, 4.69) is 0 Å². The quantitative estimate of drug-likeness (QED) is 0.432. The van der Waals surface area contributed by atoms with E-state index in [1.165, 1.54) is 0 Å². The zero-order valence-electron chi connectivity index (χ0n) is 14.2. The first kappa shape index (κ1) is 24.2. The van der Waals surface area contributed by atoms with E-state index >= 15 is 0 Å². The Morgan fingerprint density at radius 3 is 1.93 bits per heavy atom. The Morgan fingerprint density at radius 2 is 1.43 bits per heavy atom. The number of benzene rings is 2. The van der Waals surface area contributed by atoms with Crippen molar-refractivity contribution in [3.8, 4) is 0 Å². The molecule has 0 aromatic heterocycles. The molecule has 168 valence electrons. The summed E-state index contributed by atoms with van der Waals surface area (Å²) in [5.41, 5.74) is -0.796. The number of rotatable bonds is 7. The second kappa shape index (κ2) is 7.25. The van der Waals surface area contributed by atoms with Crippen LogP contribution in [0.1, 0.15) is 5.56 Å². The molecule has 0 heterocycles. The van der Waals surface area contributed by atoms with E-state index < -0.39 is 57.1 Å². The van der Waals surface area contributed by atoms with E-state index in [1.54, 1.807) is 0 Å². The number of halogens is 10. The highest BCUT2D eigenvalue weighted by Crippen LogP contribution is 2.55. The van der Waals surface area contributed by atoms with Gasteiger partial charge in [-0.3, -0.25) is 4.55 Å². The molecule has 0 radical (unpaired) electrons. The van der Waals surface area contributed by atoms with E-state index in [-0.39, 0.29) is 10.8 Å². The first-order valence-corrected chi connectivity index (χ1v) is 9.09. The summed E-state index contributed by atoms with van der Waals surface area (Å²) in [5.74, 6) is -26.6. The fraction of sp³-hybridized carbons (Fsp3) is 0.375. The van der Waals surface area contributed by atoms with Gasteiger partial charge >= 0.3 is 30.1 Å². The van der Waals surface area contributed by atoms with E-state index in [1.807, 2.05) is 0 Å². The first-order chi connectivity index (χ1) is 13.4. The molecule has 30 heavy (non-hydrogen) atoms. The van der Waals surface area contributed by atoms with Crippen LogP contribution in [0.15, 0.2) is 41.3 Å². The van der Waals surface area contributed by atoms with Gasteiger partial charge in [0, 0.05) is 6.42 Å². The van der Waals surface area contributed by atoms with Crippen LogP contribution in [0.2, 0.25) is 0 Å². The van der Waals surface area contributed by atoms with Crippen LogP contribution < -0.4 is 0 Å². The number of fused-ring (bicyclic) bond motifs is 1. The minimum atomic E-state index is -7.10. The van der Waals surface area contributed by atoms with E-state index in [0.717, 1.165) is 30.3 Å². The third kappa shape index (κ3) is 3.82. The lowest BCUT2D eigenvalue weighted by molar-refractivity contribution is -0.383. The summed E-state index contributed by atoms with van der Waals surface area (Å²) >= 11 is 0. The molecule has 0 aliphatic carbocycles. The summed E-state index contributed by atoms with van der Waals surface area (Å²) < 4.78 is 163. The molecule has 0 fully saturated rings. The summed E-state index contributed by atoms with van der Waals surface area (Å²) in [6, 6.07) is 5.01. The summed E-state index contributed by atoms with van der Waals surface area (Å²) in [6.45, 7) is 0. The van der Waals surface area contributed by atoms with Crippen molar-refractivity contribution in [2.75, 3.05) is 0 Å². The van der Waals surface area contributed by atoms with Crippen LogP contribution in [0.5, 0.6) is 0 Å². The summed E-state index contributed by atoms with van der Waals surface area (Å²) in [7, 11) is -4.73. The largest absolute Gasteiger partial charge is 0.384 e. The van der Waals surface area contributed by atoms with Crippen molar-refractivity contribution in [3.05, 3.63) is 42.0 Å². The molecule has 0 bridgehead atoms. The third-order valence-electron chi connectivity index (χ3n) is 4.20. The molecular formula is C16H10F10O3S. The second-order valence-corrected chi connectivity index (χ2v) is 7.65. The molecule has 0 atom stereocenters. The third-order valence-corrected chi connectivity index (χ3v) is 5.05. The molecule has 0 aliphatic heterocycles. The van der Waals surface area contributed by atoms with Crippen molar-refractivity contribution in [1.29, 1.82) is 0 Å². The molecule has 2 aromatic carbocycles. The molecule has 1 N–H and O–H groups in total. The summed E-state index contributed by atoms with van der Waals surface area (Å²) in [5, 5.41) is -0.560. The zero-order chi connectivity index (χ0) is 23.3. The minimum Gasteiger partial charge on any atom is -0.282 e. The van der Waals surface area contributed by atoms with Crippen LogP contribution in [-0.4, -0.2) is 43.1 Å². The molecule has 3 nitrogen and oxygen atoms in total. The highest BCUT2D eigenvalue weighted by molar-refractivity contribution is 7.85. The van der Waals surface area contributed by atoms with Crippen molar-refractivity contribution in [2.24, 2.45) is 0 Å². The number of hydrogen-bond donors (Lipinski definition) is 1. The minimum absolute atomic E-state index is 0.202. The van der Waals surface area contributed by atoms with Gasteiger partial charge in [0.25, 0.3) is 10.1 Å². The number of alkyl halides is 10. The molecule has 0 saturated heterocycles. The van der Waals surface area contributed by atoms with Crippen LogP contribution in [0.4, 0.5) is 43.9 Å². The molecule has 0 aliphatic rings. The van der Waals surface area contributed by atoms with Gasteiger partial charge in [-0.25, -0.2) is 8.78 Å². The Balaban J connectivity index is 2.54. The molecule has 0 amide bonds. The van der Waals surface area contributed by atoms with E-state index in [4.69, 9.17) is 4.55 Å². The maximum absolute atomic E-state index is 14.0. The normalized spacial score (nSPS) is 14.5. The van der Waals surface area contributed by atoms with Gasteiger partial charge in [0.15, 0.2) is 0 Å². The van der Waals surface area contributed by atoms with Gasteiger partial charge in [0.2, 0.25) is 0 Å². The fourth-order valence-electron chi connectivity index (χ4n) is 2.57. The average molecular weight is 472 g/mol. The van der Waals surface area contributed by atoms with Gasteiger partial charge in [0.05, 0.1) is 4.90 Å². The predicted octanol–water partition coefficient (Wildman–Crippen LogP) is 5.44. The average Bonchev–Trinajstić information content (AvgIpc) is 2.59. The molecule has 0 unspecified atom stereocenters. The lowest BCUT2D eigenvalue weighted by Crippen LogP contribution is -2.64. The van der Waals surface area contributed by atoms with E-state index in [9.17, 15) is 52.3 Å². The van der Waals surface area contributed by atoms with Crippen LogP contribution in [0.3, 0.4) is 0 Å². The summed E-state index contributed by atoms with van der Waals surface area (Å²) in [6.07, 6.45) is -7.61. The Morgan fingerprint density at radius 1 is 0.867 bits per heavy atom. The monoisotopic (exact) mass is 472 g/mol. The second-order valence-electron chi connectivity index (χ2n) is 6.23. The fourth-order valence-corrected chi connectivity index (χ4v) is 3.09. The molecule has 0 saturated carbocycles. The molecule has 0 spiro atoms. The smallest absolute Gasteiger partial charge is 0.282 e. The van der Waals surface area contributed by atoms with Crippen molar-refractivity contribution >= 4 is 20.9 Å². The Bertz CT molecular complexity index is 1050. The lowest BCUT2D eigenvalue weighted by atomic mass is 9.92. The van der Waals surface area contributed by atoms with Crippen LogP contribution in [0.25, 0.3) is 10.8 Å². The molecule has 2 aromatic rings. The van der Waals surface area contributed by atoms with Gasteiger partial charge < -0.3 is 0 Å². The lowest BCUT2D eigenvalue weighted by Gasteiger charge is -2.36. The van der Waals surface area contributed by atoms with Crippen molar-refractivity contribution in [1.82, 2.24) is 0 Å². The van der Waals surface area contributed by atoms with Crippen molar-refractivity contribution in [3.63, 3.8) is 0 Å². The van der Waals surface area contributed by atoms with Crippen molar-refractivity contribution < 1.29 is 56.9 Å². The van der Waals surface area contributed by atoms with Crippen LogP contribution in [-0.2, 0) is 16.5 Å². The molecule has 14 heteroatoms. The highest BCUT2D eigenvalue weighted by Gasteiger charge is 2.82. The predicted molar refractivity (Wildman–Crippen MR) is 83.3 cm³/mol. The van der Waals surface area contributed by atoms with Crippen LogP contribution >= 0.6 is 0 Å². The molecule has 2 rings (SSSR count). The maximum atomic E-state index is 14.0. The Hall–Kier alpha value is -2.09. The van der Waals surface area contributed by atoms with Crippen molar-refractivity contribution in [2.45, 2.75) is 41.4 Å². The van der Waals surface area contributed by atoms with Gasteiger partial charge in [-0.15, -0.1) is 0 Å². The van der Waals surface area contributed by atoms with E-state index in [0.29, 0.717) is 6.07 Å². The van der Waals surface area contributed by atoms with Crippen LogP contribution in [0, 0.1) is 0 Å².